The Morgan fingerprint density at radius 1 is 1.40 bits per heavy atom. The second kappa shape index (κ2) is 6.17. The van der Waals surface area contributed by atoms with Gasteiger partial charge in [0.25, 0.3) is 5.91 Å². The highest BCUT2D eigenvalue weighted by molar-refractivity contribution is 7.91. The summed E-state index contributed by atoms with van der Waals surface area (Å²) in [6, 6.07) is 0. The quantitative estimate of drug-likeness (QED) is 0.798. The lowest BCUT2D eigenvalue weighted by atomic mass is 10.1. The van der Waals surface area contributed by atoms with Crippen molar-refractivity contribution in [2.75, 3.05) is 29.9 Å². The van der Waals surface area contributed by atoms with E-state index in [0.717, 1.165) is 0 Å². The maximum absolute atomic E-state index is 11.9. The van der Waals surface area contributed by atoms with Gasteiger partial charge < -0.3 is 10.6 Å². The molecule has 8 heteroatoms. The highest BCUT2D eigenvalue weighted by Gasteiger charge is 2.28. The Hall–Kier alpha value is -1.70. The Morgan fingerprint density at radius 2 is 2.10 bits per heavy atom. The summed E-state index contributed by atoms with van der Waals surface area (Å²) < 4.78 is 22.6. The van der Waals surface area contributed by atoms with E-state index in [1.165, 1.54) is 12.4 Å². The molecule has 20 heavy (non-hydrogen) atoms. The van der Waals surface area contributed by atoms with E-state index in [4.69, 9.17) is 0 Å². The van der Waals surface area contributed by atoms with Crippen molar-refractivity contribution in [3.05, 3.63) is 18.0 Å². The van der Waals surface area contributed by atoms with Gasteiger partial charge >= 0.3 is 0 Å². The number of anilines is 1. The molecule has 2 heterocycles. The van der Waals surface area contributed by atoms with Crippen LogP contribution in [0.3, 0.4) is 0 Å². The van der Waals surface area contributed by atoms with Gasteiger partial charge in [-0.15, -0.1) is 0 Å². The highest BCUT2D eigenvalue weighted by Crippen LogP contribution is 2.17. The molecule has 0 spiro atoms. The Morgan fingerprint density at radius 3 is 2.65 bits per heavy atom. The second-order valence-electron chi connectivity index (χ2n) is 4.80. The van der Waals surface area contributed by atoms with Crippen molar-refractivity contribution in [3.8, 4) is 0 Å². The predicted molar refractivity (Wildman–Crippen MR) is 75.3 cm³/mol. The first-order valence-corrected chi connectivity index (χ1v) is 8.37. The molecular weight excluding hydrogens is 280 g/mol. The molecule has 1 saturated heterocycles. The summed E-state index contributed by atoms with van der Waals surface area (Å²) in [5.74, 6) is 0.575. The molecular formula is C12H18N4O3S. The molecule has 0 unspecified atom stereocenters. The second-order valence-corrected chi connectivity index (χ2v) is 7.03. The third kappa shape index (κ3) is 3.89. The first kappa shape index (κ1) is 14.7. The number of hydrogen-bond acceptors (Lipinski definition) is 6. The lowest BCUT2D eigenvalue weighted by molar-refractivity contribution is 0.0947. The first-order chi connectivity index (χ1) is 9.50. The number of carbonyl (C=O) groups excluding carboxylic acids is 1. The number of rotatable bonds is 5. The molecule has 2 rings (SSSR count). The third-order valence-corrected chi connectivity index (χ3v) is 4.96. The number of amides is 1. The Bertz CT molecular complexity index is 571. The molecule has 0 radical (unpaired) electrons. The van der Waals surface area contributed by atoms with Crippen LogP contribution in [0.2, 0.25) is 0 Å². The molecule has 0 bridgehead atoms. The first-order valence-electron chi connectivity index (χ1n) is 6.54. The van der Waals surface area contributed by atoms with E-state index in [2.05, 4.69) is 20.6 Å². The van der Waals surface area contributed by atoms with Crippen LogP contribution in [-0.4, -0.2) is 48.9 Å². The van der Waals surface area contributed by atoms with Crippen LogP contribution in [0, 0.1) is 5.92 Å². The Labute approximate surface area is 118 Å². The smallest absolute Gasteiger partial charge is 0.254 e. The number of hydrogen-bond donors (Lipinski definition) is 2. The zero-order valence-corrected chi connectivity index (χ0v) is 12.1. The molecule has 1 amide bonds. The highest BCUT2D eigenvalue weighted by atomic mass is 32.2. The number of nitrogens with zero attached hydrogens (tertiary/aromatic N) is 2. The van der Waals surface area contributed by atoms with E-state index in [1.807, 2.05) is 6.92 Å². The predicted octanol–water partition coefficient (Wildman–Crippen LogP) is 0.0729. The maximum atomic E-state index is 11.9. The summed E-state index contributed by atoms with van der Waals surface area (Å²) in [6.45, 7) is 3.01. The van der Waals surface area contributed by atoms with Crippen molar-refractivity contribution in [1.29, 1.82) is 0 Å². The van der Waals surface area contributed by atoms with Gasteiger partial charge in [-0.3, -0.25) is 4.79 Å². The number of carbonyl (C=O) groups is 1. The van der Waals surface area contributed by atoms with Crippen LogP contribution >= 0.6 is 0 Å². The van der Waals surface area contributed by atoms with Crippen LogP contribution in [0.4, 0.5) is 5.95 Å². The fourth-order valence-electron chi connectivity index (χ4n) is 2.07. The number of nitrogens with one attached hydrogen (secondary N) is 2. The van der Waals surface area contributed by atoms with Gasteiger partial charge in [-0.1, -0.05) is 0 Å². The average Bonchev–Trinajstić information content (AvgIpc) is 2.77. The molecule has 1 aromatic heterocycles. The average molecular weight is 298 g/mol. The van der Waals surface area contributed by atoms with E-state index in [9.17, 15) is 13.2 Å². The fraction of sp³-hybridized carbons (Fsp3) is 0.583. The minimum Gasteiger partial charge on any atom is -0.355 e. The maximum Gasteiger partial charge on any atom is 0.254 e. The largest absolute Gasteiger partial charge is 0.355 e. The van der Waals surface area contributed by atoms with Crippen LogP contribution in [0.1, 0.15) is 23.7 Å². The zero-order chi connectivity index (χ0) is 14.6. The molecule has 1 aromatic rings. The van der Waals surface area contributed by atoms with Gasteiger partial charge in [0.15, 0.2) is 9.84 Å². The molecule has 1 atom stereocenters. The van der Waals surface area contributed by atoms with Crippen LogP contribution in [0.15, 0.2) is 12.4 Å². The minimum absolute atomic E-state index is 0.00546. The van der Waals surface area contributed by atoms with Crippen molar-refractivity contribution in [1.82, 2.24) is 15.3 Å². The SMILES string of the molecule is CCNc1ncc(C(=O)NC[C@H]2CCS(=O)(=O)C2)cn1. The van der Waals surface area contributed by atoms with Gasteiger partial charge in [-0.05, 0) is 19.3 Å². The summed E-state index contributed by atoms with van der Waals surface area (Å²) in [4.78, 5) is 19.9. The summed E-state index contributed by atoms with van der Waals surface area (Å²) in [5, 5.41) is 5.67. The number of aromatic nitrogens is 2. The van der Waals surface area contributed by atoms with Crippen molar-refractivity contribution in [3.63, 3.8) is 0 Å². The van der Waals surface area contributed by atoms with E-state index in [0.29, 0.717) is 31.0 Å². The lowest BCUT2D eigenvalue weighted by Gasteiger charge is -2.09. The van der Waals surface area contributed by atoms with E-state index in [1.54, 1.807) is 0 Å². The fourth-order valence-corrected chi connectivity index (χ4v) is 3.93. The van der Waals surface area contributed by atoms with Crippen molar-refractivity contribution in [2.24, 2.45) is 5.92 Å². The molecule has 1 fully saturated rings. The molecule has 0 saturated carbocycles. The summed E-state index contributed by atoms with van der Waals surface area (Å²) in [6.07, 6.45) is 3.51. The molecule has 110 valence electrons. The molecule has 1 aliphatic rings. The lowest BCUT2D eigenvalue weighted by Crippen LogP contribution is -2.30. The molecule has 0 aliphatic carbocycles. The van der Waals surface area contributed by atoms with Gasteiger partial charge in [-0.25, -0.2) is 18.4 Å². The Kier molecular flexibility index (Phi) is 4.53. The van der Waals surface area contributed by atoms with Crippen LogP contribution in [0.25, 0.3) is 0 Å². The van der Waals surface area contributed by atoms with E-state index >= 15 is 0 Å². The number of sulfone groups is 1. The summed E-state index contributed by atoms with van der Waals surface area (Å²) in [7, 11) is -2.90. The van der Waals surface area contributed by atoms with Crippen molar-refractivity contribution in [2.45, 2.75) is 13.3 Å². The van der Waals surface area contributed by atoms with Gasteiger partial charge in [0.1, 0.15) is 0 Å². The van der Waals surface area contributed by atoms with Crippen LogP contribution in [0.5, 0.6) is 0 Å². The van der Waals surface area contributed by atoms with Gasteiger partial charge in [0.2, 0.25) is 5.95 Å². The standard InChI is InChI=1S/C12H18N4O3S/c1-2-13-12-15-6-10(7-16-12)11(17)14-5-9-3-4-20(18,19)8-9/h6-7,9H,2-5,8H2,1H3,(H,14,17)(H,13,15,16)/t9-/m1/s1. The topological polar surface area (TPSA) is 101 Å². The summed E-state index contributed by atoms with van der Waals surface area (Å²) in [5.41, 5.74) is 0.368. The molecule has 2 N–H and O–H groups in total. The van der Waals surface area contributed by atoms with Gasteiger partial charge in [0, 0.05) is 25.5 Å². The normalized spacial score (nSPS) is 20.6. The van der Waals surface area contributed by atoms with Crippen molar-refractivity contribution < 1.29 is 13.2 Å². The van der Waals surface area contributed by atoms with Crippen molar-refractivity contribution >= 4 is 21.7 Å². The monoisotopic (exact) mass is 298 g/mol. The third-order valence-electron chi connectivity index (χ3n) is 3.13. The van der Waals surface area contributed by atoms with E-state index in [-0.39, 0.29) is 23.3 Å². The van der Waals surface area contributed by atoms with E-state index < -0.39 is 9.84 Å². The van der Waals surface area contributed by atoms with Gasteiger partial charge in [0.05, 0.1) is 17.1 Å². The summed E-state index contributed by atoms with van der Waals surface area (Å²) >= 11 is 0. The van der Waals surface area contributed by atoms with Crippen LogP contribution < -0.4 is 10.6 Å². The van der Waals surface area contributed by atoms with Crippen LogP contribution in [-0.2, 0) is 9.84 Å². The molecule has 0 aromatic carbocycles. The molecule has 7 nitrogen and oxygen atoms in total. The zero-order valence-electron chi connectivity index (χ0n) is 11.3. The minimum atomic E-state index is -2.90. The van der Waals surface area contributed by atoms with Gasteiger partial charge in [-0.2, -0.15) is 0 Å². The molecule has 1 aliphatic heterocycles. The Balaban J connectivity index is 1.86.